The summed E-state index contributed by atoms with van der Waals surface area (Å²) >= 11 is 7.91. The average Bonchev–Trinajstić information content (AvgIpc) is 3.09. The van der Waals surface area contributed by atoms with Crippen LogP contribution >= 0.6 is 23.4 Å². The summed E-state index contributed by atoms with van der Waals surface area (Å²) < 4.78 is 16.6. The Bertz CT molecular complexity index is 1630. The van der Waals surface area contributed by atoms with Crippen molar-refractivity contribution in [1.82, 2.24) is 14.9 Å². The van der Waals surface area contributed by atoms with Crippen LogP contribution in [-0.2, 0) is 12.2 Å². The number of amides is 1. The largest absolute Gasteiger partial charge is 0.493 e. The molecule has 0 unspecified atom stereocenters. The minimum Gasteiger partial charge on any atom is -0.493 e. The van der Waals surface area contributed by atoms with Gasteiger partial charge in [0.25, 0.3) is 5.91 Å². The molecule has 0 aliphatic carbocycles. The number of piperazine rings is 1. The van der Waals surface area contributed by atoms with Gasteiger partial charge in [0.2, 0.25) is 0 Å². The highest BCUT2D eigenvalue weighted by molar-refractivity contribution is 7.98. The van der Waals surface area contributed by atoms with Crippen LogP contribution in [0.15, 0.2) is 78.0 Å². The van der Waals surface area contributed by atoms with Gasteiger partial charge in [-0.2, -0.15) is 0 Å². The third-order valence-corrected chi connectivity index (χ3v) is 8.96. The van der Waals surface area contributed by atoms with Gasteiger partial charge in [-0.1, -0.05) is 53.7 Å². The number of carbonyl (C=O) groups excluding carboxylic acids is 1. The molecule has 9 nitrogen and oxygen atoms in total. The third kappa shape index (κ3) is 8.35. The van der Waals surface area contributed by atoms with Crippen LogP contribution in [0.3, 0.4) is 0 Å². The number of benzene rings is 3. The van der Waals surface area contributed by atoms with Crippen molar-refractivity contribution in [2.45, 2.75) is 24.3 Å². The zero-order chi connectivity index (χ0) is 32.5. The Balaban J connectivity index is 1.16. The monoisotopic (exact) mass is 661 g/mol. The topological polar surface area (TPSA) is 80.3 Å². The molecule has 1 fully saturated rings. The van der Waals surface area contributed by atoms with Crippen molar-refractivity contribution in [3.63, 3.8) is 0 Å². The number of hydrogen-bond donors (Lipinski definition) is 0. The third-order valence-electron chi connectivity index (χ3n) is 7.85. The zero-order valence-electron chi connectivity index (χ0n) is 26.7. The van der Waals surface area contributed by atoms with E-state index >= 15 is 0 Å². The lowest BCUT2D eigenvalue weighted by atomic mass is 10.1. The van der Waals surface area contributed by atoms with Crippen molar-refractivity contribution in [1.29, 1.82) is 0 Å². The first-order valence-electron chi connectivity index (χ1n) is 15.3. The smallest absolute Gasteiger partial charge is 0.253 e. The number of halogens is 1. The molecule has 0 radical (unpaired) electrons. The summed E-state index contributed by atoms with van der Waals surface area (Å²) in [7, 11) is 5.25. The Hall–Kier alpha value is -4.15. The van der Waals surface area contributed by atoms with E-state index < -0.39 is 0 Å². The summed E-state index contributed by atoms with van der Waals surface area (Å²) in [6.07, 6.45) is 0.789. The number of nitrogens with zero attached hydrogens (tertiary/aromatic N) is 5. The number of carbonyl (C=O) groups is 1. The average molecular weight is 662 g/mol. The Morgan fingerprint density at radius 3 is 2.43 bits per heavy atom. The predicted molar refractivity (Wildman–Crippen MR) is 185 cm³/mol. The van der Waals surface area contributed by atoms with E-state index in [0.29, 0.717) is 52.8 Å². The fourth-order valence-corrected chi connectivity index (χ4v) is 6.39. The van der Waals surface area contributed by atoms with Crippen LogP contribution in [0.4, 0.5) is 11.5 Å². The molecule has 1 saturated heterocycles. The molecule has 0 saturated carbocycles. The van der Waals surface area contributed by atoms with Crippen LogP contribution in [0.25, 0.3) is 0 Å². The molecule has 5 rings (SSSR count). The number of rotatable bonds is 13. The van der Waals surface area contributed by atoms with E-state index in [4.69, 9.17) is 30.8 Å². The van der Waals surface area contributed by atoms with Gasteiger partial charge in [0.1, 0.15) is 16.7 Å². The Kier molecular flexibility index (Phi) is 11.5. The van der Waals surface area contributed by atoms with Gasteiger partial charge in [-0.3, -0.25) is 4.79 Å². The molecule has 0 atom stereocenters. The van der Waals surface area contributed by atoms with E-state index in [1.54, 1.807) is 20.3 Å². The minimum atomic E-state index is 0.0435. The molecule has 11 heteroatoms. The van der Waals surface area contributed by atoms with E-state index in [-0.39, 0.29) is 5.91 Å². The number of hydrogen-bond acceptors (Lipinski definition) is 9. The van der Waals surface area contributed by atoms with Gasteiger partial charge in [0, 0.05) is 57.2 Å². The van der Waals surface area contributed by atoms with Crippen LogP contribution in [0.5, 0.6) is 17.2 Å². The fourth-order valence-electron chi connectivity index (χ4n) is 5.36. The molecule has 0 bridgehead atoms. The Morgan fingerprint density at radius 2 is 1.67 bits per heavy atom. The summed E-state index contributed by atoms with van der Waals surface area (Å²) in [6, 6.07) is 23.6. The number of thioether (sulfide) groups is 1. The maximum Gasteiger partial charge on any atom is 0.253 e. The van der Waals surface area contributed by atoms with Crippen molar-refractivity contribution in [2.24, 2.45) is 0 Å². The normalized spacial score (nSPS) is 13.0. The Morgan fingerprint density at radius 1 is 0.891 bits per heavy atom. The lowest BCUT2D eigenvalue weighted by molar-refractivity contribution is 0.0746. The van der Waals surface area contributed by atoms with E-state index in [9.17, 15) is 4.79 Å². The molecule has 46 heavy (non-hydrogen) atoms. The number of likely N-dealkylation sites (N-methyl/N-ethyl adjacent to an activating group) is 1. The van der Waals surface area contributed by atoms with E-state index in [0.717, 1.165) is 54.4 Å². The van der Waals surface area contributed by atoms with Crippen LogP contribution in [0.1, 0.15) is 28.4 Å². The number of anilines is 2. The summed E-state index contributed by atoms with van der Waals surface area (Å²) in [6.45, 7) is 6.14. The van der Waals surface area contributed by atoms with Gasteiger partial charge in [-0.25, -0.2) is 9.97 Å². The molecular formula is C35H40ClN5O4S. The van der Waals surface area contributed by atoms with Crippen LogP contribution in [0, 0.1) is 0 Å². The first-order chi connectivity index (χ1) is 22.4. The molecule has 1 aliphatic heterocycles. The Labute approximate surface area is 280 Å². The standard InChI is InChI=1S/C35H40ClN5O4S/c1-5-45-29-12-7-6-11-28(29)40-17-19-41(20-18-40)34(42)27-10-8-9-26(21-27)24-46-35-37-32(36)23-33(38-35)39(2)16-15-25-13-14-30(43-3)31(22-25)44-4/h6-14,21-23H,5,15-20,24H2,1-4H3. The highest BCUT2D eigenvalue weighted by Gasteiger charge is 2.24. The maximum atomic E-state index is 13.5. The number of para-hydroxylation sites is 2. The second kappa shape index (κ2) is 15.9. The summed E-state index contributed by atoms with van der Waals surface area (Å²) in [5, 5.41) is 0.970. The van der Waals surface area contributed by atoms with Crippen LogP contribution in [0.2, 0.25) is 5.15 Å². The van der Waals surface area contributed by atoms with E-state index in [1.165, 1.54) is 11.8 Å². The molecule has 4 aromatic rings. The van der Waals surface area contributed by atoms with Gasteiger partial charge in [-0.15, -0.1) is 0 Å². The first-order valence-corrected chi connectivity index (χ1v) is 16.7. The predicted octanol–water partition coefficient (Wildman–Crippen LogP) is 6.48. The highest BCUT2D eigenvalue weighted by atomic mass is 35.5. The molecular weight excluding hydrogens is 622 g/mol. The van der Waals surface area contributed by atoms with Gasteiger partial charge >= 0.3 is 0 Å². The van der Waals surface area contributed by atoms with Gasteiger partial charge < -0.3 is 28.9 Å². The quantitative estimate of drug-likeness (QED) is 0.0909. The SMILES string of the molecule is CCOc1ccccc1N1CCN(C(=O)c2cccc(CSc3nc(Cl)cc(N(C)CCc4ccc(OC)c(OC)c4)n3)c2)CC1. The summed E-state index contributed by atoms with van der Waals surface area (Å²) in [4.78, 5) is 28.9. The number of aromatic nitrogens is 2. The van der Waals surface area contributed by atoms with Gasteiger partial charge in [0.05, 0.1) is 26.5 Å². The molecule has 242 valence electrons. The molecule has 1 aliphatic rings. The summed E-state index contributed by atoms with van der Waals surface area (Å²) in [5.41, 5.74) is 3.91. The van der Waals surface area contributed by atoms with Gasteiger partial charge in [0.15, 0.2) is 16.7 Å². The van der Waals surface area contributed by atoms with Crippen molar-refractivity contribution in [2.75, 3.05) is 70.4 Å². The number of methoxy groups -OCH3 is 2. The van der Waals surface area contributed by atoms with Gasteiger partial charge in [-0.05, 0) is 60.9 Å². The van der Waals surface area contributed by atoms with Crippen molar-refractivity contribution in [3.8, 4) is 17.2 Å². The van der Waals surface area contributed by atoms with Crippen molar-refractivity contribution >= 4 is 40.8 Å². The molecule has 0 N–H and O–H groups in total. The van der Waals surface area contributed by atoms with E-state index in [2.05, 4.69) is 20.9 Å². The minimum absolute atomic E-state index is 0.0435. The lowest BCUT2D eigenvalue weighted by Crippen LogP contribution is -2.48. The lowest BCUT2D eigenvalue weighted by Gasteiger charge is -2.36. The van der Waals surface area contributed by atoms with Crippen LogP contribution in [-0.4, -0.2) is 81.4 Å². The molecule has 2 heterocycles. The summed E-state index contributed by atoms with van der Waals surface area (Å²) in [5.74, 6) is 3.69. The maximum absolute atomic E-state index is 13.5. The van der Waals surface area contributed by atoms with Crippen LogP contribution < -0.4 is 24.0 Å². The van der Waals surface area contributed by atoms with E-state index in [1.807, 2.05) is 79.5 Å². The second-order valence-electron chi connectivity index (χ2n) is 10.9. The molecule has 1 amide bonds. The second-order valence-corrected chi connectivity index (χ2v) is 12.2. The first kappa shape index (κ1) is 33.2. The van der Waals surface area contributed by atoms with Crippen molar-refractivity contribution < 1.29 is 19.0 Å². The molecule has 0 spiro atoms. The fraction of sp³-hybridized carbons (Fsp3) is 0.343. The van der Waals surface area contributed by atoms with Crippen molar-refractivity contribution in [3.05, 3.63) is 94.6 Å². The number of ether oxygens (including phenoxy) is 3. The molecule has 1 aromatic heterocycles. The highest BCUT2D eigenvalue weighted by Crippen LogP contribution is 2.30. The zero-order valence-corrected chi connectivity index (χ0v) is 28.3. The molecule has 3 aromatic carbocycles.